The molecule has 0 saturated heterocycles. The van der Waals surface area contributed by atoms with Crippen molar-refractivity contribution in [2.24, 2.45) is 0 Å². The maximum atomic E-state index is 8.74. The largest absolute Gasteiger partial charge is 0.560 e. The van der Waals surface area contributed by atoms with Crippen molar-refractivity contribution in [1.82, 2.24) is 0 Å². The van der Waals surface area contributed by atoms with Crippen LogP contribution in [0.2, 0.25) is 0 Å². The Bertz CT molecular complexity index is 243. The molecule has 0 radical (unpaired) electrons. The zero-order chi connectivity index (χ0) is 22.4. The van der Waals surface area contributed by atoms with Crippen LogP contribution in [-0.2, 0) is 0 Å². The van der Waals surface area contributed by atoms with Gasteiger partial charge in [0.2, 0.25) is 0 Å². The number of halogens is 2. The highest BCUT2D eigenvalue weighted by atomic mass is 79.9. The lowest BCUT2D eigenvalue weighted by Crippen LogP contribution is -1.85. The van der Waals surface area contributed by atoms with E-state index in [1.807, 2.05) is 0 Å². The molecule has 0 amide bonds. The van der Waals surface area contributed by atoms with E-state index < -0.39 is 0 Å². The van der Waals surface area contributed by atoms with Gasteiger partial charge in [-0.1, -0.05) is 155 Å². The average Bonchev–Trinajstić information content (AvgIpc) is 2.75. The van der Waals surface area contributed by atoms with Crippen molar-refractivity contribution < 1.29 is 5.11 Å². The van der Waals surface area contributed by atoms with E-state index in [4.69, 9.17) is 5.11 Å². The molecule has 0 aromatic carbocycles. The zero-order valence-corrected chi connectivity index (χ0v) is 25.2. The van der Waals surface area contributed by atoms with E-state index >= 15 is 0 Å². The summed E-state index contributed by atoms with van der Waals surface area (Å²) in [6.45, 7) is 2.67. The molecular formula is C26H54Br2MgO. The minimum Gasteiger partial charge on any atom is -0.396 e. The SMILES string of the molecule is CCCCCCCCCCCCCCCCCCCCCCCCCCO.[Br][Mg][Br]. The summed E-state index contributed by atoms with van der Waals surface area (Å²) in [7, 11) is 0. The molecule has 1 N–H and O–H groups in total. The van der Waals surface area contributed by atoms with Crippen LogP contribution in [0.5, 0.6) is 0 Å². The smallest absolute Gasteiger partial charge is 0.396 e. The van der Waals surface area contributed by atoms with Crippen LogP contribution in [0.25, 0.3) is 0 Å². The molecule has 0 aromatic rings. The summed E-state index contributed by atoms with van der Waals surface area (Å²) >= 11 is 6.44. The Balaban J connectivity index is 0. The van der Waals surface area contributed by atoms with E-state index in [2.05, 4.69) is 32.7 Å². The fourth-order valence-corrected chi connectivity index (χ4v) is 4.07. The Kier molecular flexibility index (Phi) is 39.8. The summed E-state index contributed by atoms with van der Waals surface area (Å²) < 4.78 is 0. The average molecular weight is 567 g/mol. The standard InChI is InChI=1S/C26H54O.2BrH.Mg/c1-2-3-4-5-6-7-8-9-10-11-12-13-14-15-16-17-18-19-20-21-22-23-24-25-26-27;;;/h27H,2-26H2,1H3;2*1H;/q;;;+2/p-2. The van der Waals surface area contributed by atoms with Gasteiger partial charge in [0.15, 0.2) is 0 Å². The van der Waals surface area contributed by atoms with E-state index in [-0.39, 0.29) is 16.0 Å². The maximum Gasteiger partial charge on any atom is 0.560 e. The first-order valence-electron chi connectivity index (χ1n) is 13.6. The number of aliphatic hydroxyl groups excluding tert-OH is 1. The van der Waals surface area contributed by atoms with Crippen molar-refractivity contribution in [1.29, 1.82) is 0 Å². The Hall–Kier alpha value is 1.69. The minimum atomic E-state index is 0.0417. The molecule has 1 nitrogen and oxygen atoms in total. The third-order valence-corrected chi connectivity index (χ3v) is 6.01. The fraction of sp³-hybridized carbons (Fsp3) is 1.00. The van der Waals surface area contributed by atoms with E-state index in [1.54, 1.807) is 0 Å². The lowest BCUT2D eigenvalue weighted by atomic mass is 10.0. The van der Waals surface area contributed by atoms with Gasteiger partial charge in [-0.3, -0.25) is 25.8 Å². The van der Waals surface area contributed by atoms with E-state index in [9.17, 15) is 0 Å². The summed E-state index contributed by atoms with van der Waals surface area (Å²) in [4.78, 5) is 0. The van der Waals surface area contributed by atoms with Crippen LogP contribution in [0.4, 0.5) is 0 Å². The normalized spacial score (nSPS) is 10.5. The van der Waals surface area contributed by atoms with Crippen molar-refractivity contribution in [2.45, 2.75) is 161 Å². The molecule has 0 unspecified atom stereocenters. The van der Waals surface area contributed by atoms with Crippen LogP contribution in [0.3, 0.4) is 0 Å². The maximum absolute atomic E-state index is 8.74. The summed E-state index contributed by atoms with van der Waals surface area (Å²) in [5.41, 5.74) is 0. The van der Waals surface area contributed by atoms with Crippen molar-refractivity contribution in [3.8, 4) is 0 Å². The van der Waals surface area contributed by atoms with Gasteiger partial charge in [0.25, 0.3) is 0 Å². The zero-order valence-electron chi connectivity index (χ0n) is 20.6. The van der Waals surface area contributed by atoms with Crippen LogP contribution in [-0.4, -0.2) is 27.7 Å². The molecule has 0 atom stereocenters. The Morgan fingerprint density at radius 3 is 0.733 bits per heavy atom. The molecule has 0 fully saturated rings. The lowest BCUT2D eigenvalue weighted by molar-refractivity contribution is 0.282. The molecule has 0 heterocycles. The summed E-state index contributed by atoms with van der Waals surface area (Å²) in [5.74, 6) is 0. The summed E-state index contributed by atoms with van der Waals surface area (Å²) in [5, 5.41) is 8.74. The summed E-state index contributed by atoms with van der Waals surface area (Å²) in [6, 6.07) is 0. The van der Waals surface area contributed by atoms with Gasteiger partial charge in [-0.05, 0) is 6.42 Å². The second-order valence-corrected chi connectivity index (χ2v) is 17.0. The predicted octanol–water partition coefficient (Wildman–Crippen LogP) is 10.7. The van der Waals surface area contributed by atoms with Gasteiger partial charge in [0.05, 0.1) is 0 Å². The Morgan fingerprint density at radius 2 is 0.567 bits per heavy atom. The number of rotatable bonds is 24. The molecular weight excluding hydrogens is 512 g/mol. The molecule has 30 heavy (non-hydrogen) atoms. The third-order valence-electron chi connectivity index (χ3n) is 6.01. The van der Waals surface area contributed by atoms with Crippen molar-refractivity contribution >= 4 is 41.8 Å². The van der Waals surface area contributed by atoms with E-state index in [0.717, 1.165) is 6.42 Å². The van der Waals surface area contributed by atoms with Crippen LogP contribution in [0.1, 0.15) is 161 Å². The monoisotopic (exact) mass is 564 g/mol. The van der Waals surface area contributed by atoms with Crippen LogP contribution >= 0.6 is 25.8 Å². The topological polar surface area (TPSA) is 20.2 Å². The molecule has 0 aliphatic rings. The summed E-state index contributed by atoms with van der Waals surface area (Å²) in [6.07, 6.45) is 34.1. The first-order valence-corrected chi connectivity index (χ1v) is 21.4. The molecule has 4 heteroatoms. The Labute approximate surface area is 213 Å². The molecule has 0 aliphatic heterocycles. The van der Waals surface area contributed by atoms with E-state index in [0.29, 0.717) is 6.61 Å². The minimum absolute atomic E-state index is 0.0417. The first-order chi connectivity index (χ1) is 14.8. The highest BCUT2D eigenvalue weighted by molar-refractivity contribution is 9.47. The Morgan fingerprint density at radius 1 is 0.400 bits per heavy atom. The van der Waals surface area contributed by atoms with E-state index in [1.165, 1.54) is 148 Å². The van der Waals surface area contributed by atoms with Crippen molar-refractivity contribution in [2.75, 3.05) is 6.61 Å². The highest BCUT2D eigenvalue weighted by Crippen LogP contribution is 2.15. The third kappa shape index (κ3) is 37.0. The lowest BCUT2D eigenvalue weighted by Gasteiger charge is -2.04. The quantitative estimate of drug-likeness (QED) is 0.0910. The van der Waals surface area contributed by atoms with Gasteiger partial charge in [-0.25, -0.2) is 0 Å². The first kappa shape index (κ1) is 33.9. The second kappa shape index (κ2) is 35.3. The molecule has 0 aromatic heterocycles. The van der Waals surface area contributed by atoms with Gasteiger partial charge >= 0.3 is 16.0 Å². The fourth-order valence-electron chi connectivity index (χ4n) is 4.07. The van der Waals surface area contributed by atoms with Gasteiger partial charge in [0.1, 0.15) is 0 Å². The molecule has 0 saturated carbocycles. The number of hydrogen-bond acceptors (Lipinski definition) is 1. The molecule has 0 bridgehead atoms. The van der Waals surface area contributed by atoms with Gasteiger partial charge in [-0.2, -0.15) is 0 Å². The number of unbranched alkanes of at least 4 members (excludes halogenated alkanes) is 23. The van der Waals surface area contributed by atoms with Crippen molar-refractivity contribution in [3.05, 3.63) is 0 Å². The molecule has 180 valence electrons. The number of hydrogen-bond donors (Lipinski definition) is 1. The second-order valence-electron chi connectivity index (χ2n) is 8.96. The van der Waals surface area contributed by atoms with Crippen LogP contribution in [0, 0.1) is 0 Å². The number of aliphatic hydroxyl groups is 1. The van der Waals surface area contributed by atoms with Crippen LogP contribution in [0.15, 0.2) is 0 Å². The van der Waals surface area contributed by atoms with Crippen molar-refractivity contribution in [3.63, 3.8) is 0 Å². The molecule has 0 rings (SSSR count). The highest BCUT2D eigenvalue weighted by Gasteiger charge is 1.95. The predicted molar refractivity (Wildman–Crippen MR) is 147 cm³/mol. The van der Waals surface area contributed by atoms with Gasteiger partial charge in [0, 0.05) is 6.61 Å². The van der Waals surface area contributed by atoms with Gasteiger partial charge < -0.3 is 5.11 Å². The molecule has 0 aliphatic carbocycles. The van der Waals surface area contributed by atoms with Gasteiger partial charge in [-0.15, -0.1) is 0 Å². The molecule has 0 spiro atoms. The van der Waals surface area contributed by atoms with Crippen LogP contribution < -0.4 is 0 Å².